The average Bonchev–Trinajstić information content (AvgIpc) is 2.41. The van der Waals surface area contributed by atoms with Gasteiger partial charge in [-0.05, 0) is 61.7 Å². The standard InChI is InChI=1S/C17H21N/c1-18-10-8-14(9-11-18)12-15-6-7-16-4-2-3-5-17(16)13-15/h2-7,13-14H,8-12H2,1H3. The van der Waals surface area contributed by atoms with Crippen LogP contribution in [0.3, 0.4) is 0 Å². The molecule has 1 fully saturated rings. The Kier molecular flexibility index (Phi) is 3.33. The van der Waals surface area contributed by atoms with Crippen LogP contribution in [-0.4, -0.2) is 25.0 Å². The van der Waals surface area contributed by atoms with Crippen molar-refractivity contribution in [3.05, 3.63) is 48.0 Å². The maximum atomic E-state index is 2.44. The normalized spacial score (nSPS) is 18.3. The van der Waals surface area contributed by atoms with E-state index in [1.54, 1.807) is 0 Å². The summed E-state index contributed by atoms with van der Waals surface area (Å²) in [6.07, 6.45) is 3.95. The number of hydrogen-bond acceptors (Lipinski definition) is 1. The van der Waals surface area contributed by atoms with Crippen molar-refractivity contribution >= 4 is 10.8 Å². The smallest absolute Gasteiger partial charge is 0.00190 e. The third-order valence-corrected chi connectivity index (χ3v) is 4.18. The lowest BCUT2D eigenvalue weighted by Crippen LogP contribution is -2.30. The van der Waals surface area contributed by atoms with E-state index >= 15 is 0 Å². The van der Waals surface area contributed by atoms with Gasteiger partial charge in [-0.2, -0.15) is 0 Å². The van der Waals surface area contributed by atoms with Crippen LogP contribution in [0.25, 0.3) is 10.8 Å². The molecule has 3 rings (SSSR count). The Balaban J connectivity index is 1.74. The molecule has 0 unspecified atom stereocenters. The molecule has 2 aromatic rings. The molecule has 1 saturated heterocycles. The van der Waals surface area contributed by atoms with E-state index in [4.69, 9.17) is 0 Å². The number of piperidine rings is 1. The summed E-state index contributed by atoms with van der Waals surface area (Å²) in [5.74, 6) is 0.877. The molecule has 0 aliphatic carbocycles. The first-order valence-electron chi connectivity index (χ1n) is 6.97. The van der Waals surface area contributed by atoms with Crippen molar-refractivity contribution in [2.75, 3.05) is 20.1 Å². The molecule has 0 atom stereocenters. The highest BCUT2D eigenvalue weighted by Crippen LogP contribution is 2.23. The zero-order chi connectivity index (χ0) is 12.4. The largest absolute Gasteiger partial charge is 0.306 e. The summed E-state index contributed by atoms with van der Waals surface area (Å²) in [6.45, 7) is 2.52. The molecule has 1 nitrogen and oxygen atoms in total. The molecule has 0 bridgehead atoms. The highest BCUT2D eigenvalue weighted by atomic mass is 15.1. The van der Waals surface area contributed by atoms with Crippen molar-refractivity contribution in [1.82, 2.24) is 4.90 Å². The predicted octanol–water partition coefficient (Wildman–Crippen LogP) is 3.72. The lowest BCUT2D eigenvalue weighted by Gasteiger charge is -2.29. The molecule has 94 valence electrons. The SMILES string of the molecule is CN1CCC(Cc2ccc3ccccc3c2)CC1. The third-order valence-electron chi connectivity index (χ3n) is 4.18. The van der Waals surface area contributed by atoms with Gasteiger partial charge in [-0.25, -0.2) is 0 Å². The minimum Gasteiger partial charge on any atom is -0.306 e. The summed E-state index contributed by atoms with van der Waals surface area (Å²) >= 11 is 0. The molecule has 1 heterocycles. The van der Waals surface area contributed by atoms with Crippen molar-refractivity contribution in [3.8, 4) is 0 Å². The fourth-order valence-corrected chi connectivity index (χ4v) is 2.97. The Labute approximate surface area is 109 Å². The van der Waals surface area contributed by atoms with E-state index in [1.807, 2.05) is 0 Å². The summed E-state index contributed by atoms with van der Waals surface area (Å²) in [6, 6.07) is 15.6. The first kappa shape index (κ1) is 11.7. The molecule has 0 radical (unpaired) electrons. The van der Waals surface area contributed by atoms with Crippen LogP contribution in [0.2, 0.25) is 0 Å². The first-order chi connectivity index (χ1) is 8.81. The van der Waals surface area contributed by atoms with Gasteiger partial charge in [-0.15, -0.1) is 0 Å². The summed E-state index contributed by atoms with van der Waals surface area (Å²) < 4.78 is 0. The molecule has 1 aliphatic heterocycles. The van der Waals surface area contributed by atoms with Crippen molar-refractivity contribution in [2.45, 2.75) is 19.3 Å². The molecule has 18 heavy (non-hydrogen) atoms. The van der Waals surface area contributed by atoms with Crippen LogP contribution in [0, 0.1) is 5.92 Å². The molecule has 0 spiro atoms. The van der Waals surface area contributed by atoms with Crippen LogP contribution >= 0.6 is 0 Å². The van der Waals surface area contributed by atoms with Gasteiger partial charge < -0.3 is 4.90 Å². The van der Waals surface area contributed by atoms with Gasteiger partial charge >= 0.3 is 0 Å². The fraction of sp³-hybridized carbons (Fsp3) is 0.412. The Morgan fingerprint density at radius 2 is 1.72 bits per heavy atom. The van der Waals surface area contributed by atoms with Gasteiger partial charge in [-0.3, -0.25) is 0 Å². The highest BCUT2D eigenvalue weighted by molar-refractivity contribution is 5.82. The van der Waals surface area contributed by atoms with Crippen LogP contribution in [0.4, 0.5) is 0 Å². The molecule has 1 aliphatic rings. The Morgan fingerprint density at radius 3 is 2.50 bits per heavy atom. The number of rotatable bonds is 2. The van der Waals surface area contributed by atoms with Crippen LogP contribution in [0.5, 0.6) is 0 Å². The minimum atomic E-state index is 0.877. The summed E-state index contributed by atoms with van der Waals surface area (Å²) in [7, 11) is 2.23. The van der Waals surface area contributed by atoms with Gasteiger partial charge in [-0.1, -0.05) is 42.5 Å². The van der Waals surface area contributed by atoms with Crippen LogP contribution in [-0.2, 0) is 6.42 Å². The highest BCUT2D eigenvalue weighted by Gasteiger charge is 2.16. The predicted molar refractivity (Wildman–Crippen MR) is 77.9 cm³/mol. The molecular formula is C17H21N. The Morgan fingerprint density at radius 1 is 1.00 bits per heavy atom. The van der Waals surface area contributed by atoms with Crippen LogP contribution in [0.1, 0.15) is 18.4 Å². The molecule has 0 aromatic heterocycles. The lowest BCUT2D eigenvalue weighted by atomic mass is 9.90. The fourth-order valence-electron chi connectivity index (χ4n) is 2.97. The van der Waals surface area contributed by atoms with E-state index in [-0.39, 0.29) is 0 Å². The minimum absolute atomic E-state index is 0.877. The van der Waals surface area contributed by atoms with Crippen molar-refractivity contribution in [3.63, 3.8) is 0 Å². The Hall–Kier alpha value is -1.34. The number of likely N-dealkylation sites (tertiary alicyclic amines) is 1. The second kappa shape index (κ2) is 5.11. The lowest BCUT2D eigenvalue weighted by molar-refractivity contribution is 0.219. The second-order valence-electron chi connectivity index (χ2n) is 5.63. The Bertz CT molecular complexity index is 524. The zero-order valence-electron chi connectivity index (χ0n) is 11.1. The number of benzene rings is 2. The van der Waals surface area contributed by atoms with Crippen LogP contribution < -0.4 is 0 Å². The first-order valence-corrected chi connectivity index (χ1v) is 6.97. The van der Waals surface area contributed by atoms with Gasteiger partial charge in [0.2, 0.25) is 0 Å². The van der Waals surface area contributed by atoms with E-state index in [0.29, 0.717) is 0 Å². The van der Waals surface area contributed by atoms with Gasteiger partial charge in [0.05, 0.1) is 0 Å². The summed E-state index contributed by atoms with van der Waals surface area (Å²) in [5, 5.41) is 2.73. The quantitative estimate of drug-likeness (QED) is 0.772. The van der Waals surface area contributed by atoms with Gasteiger partial charge in [0, 0.05) is 0 Å². The summed E-state index contributed by atoms with van der Waals surface area (Å²) in [4.78, 5) is 2.44. The van der Waals surface area contributed by atoms with E-state index in [9.17, 15) is 0 Å². The number of nitrogens with zero attached hydrogens (tertiary/aromatic N) is 1. The number of fused-ring (bicyclic) bond motifs is 1. The molecule has 0 N–H and O–H groups in total. The van der Waals surface area contributed by atoms with E-state index in [0.717, 1.165) is 5.92 Å². The molecule has 1 heteroatoms. The summed E-state index contributed by atoms with van der Waals surface area (Å²) in [5.41, 5.74) is 1.50. The van der Waals surface area contributed by atoms with Crippen molar-refractivity contribution < 1.29 is 0 Å². The van der Waals surface area contributed by atoms with E-state index < -0.39 is 0 Å². The third kappa shape index (κ3) is 2.56. The topological polar surface area (TPSA) is 3.24 Å². The van der Waals surface area contributed by atoms with Gasteiger partial charge in [0.25, 0.3) is 0 Å². The maximum Gasteiger partial charge on any atom is -0.00190 e. The number of hydrogen-bond donors (Lipinski definition) is 0. The van der Waals surface area contributed by atoms with Gasteiger partial charge in [0.15, 0.2) is 0 Å². The zero-order valence-corrected chi connectivity index (χ0v) is 11.1. The van der Waals surface area contributed by atoms with E-state index in [1.165, 1.54) is 48.7 Å². The monoisotopic (exact) mass is 239 g/mol. The van der Waals surface area contributed by atoms with Gasteiger partial charge in [0.1, 0.15) is 0 Å². The van der Waals surface area contributed by atoms with Crippen molar-refractivity contribution in [1.29, 1.82) is 0 Å². The maximum absolute atomic E-state index is 2.44. The van der Waals surface area contributed by atoms with E-state index in [2.05, 4.69) is 54.4 Å². The molecule has 2 aromatic carbocycles. The van der Waals surface area contributed by atoms with Crippen LogP contribution in [0.15, 0.2) is 42.5 Å². The molecule has 0 amide bonds. The molecule has 0 saturated carbocycles. The second-order valence-corrected chi connectivity index (χ2v) is 5.63. The van der Waals surface area contributed by atoms with Crippen molar-refractivity contribution in [2.24, 2.45) is 5.92 Å². The average molecular weight is 239 g/mol. The molecular weight excluding hydrogens is 218 g/mol.